The average molecular weight is 373 g/mol. The number of aryl methyl sites for hydroxylation is 1. The Morgan fingerprint density at radius 2 is 1.77 bits per heavy atom. The van der Waals surface area contributed by atoms with Crippen molar-refractivity contribution in [2.45, 2.75) is 13.5 Å². The largest absolute Gasteiger partial charge is 0.368 e. The molecule has 0 bridgehead atoms. The number of piperazine rings is 1. The molecule has 2 aromatic carbocycles. The normalized spacial score (nSPS) is 15.8. The summed E-state index contributed by atoms with van der Waals surface area (Å²) in [5, 5.41) is 0.752. The van der Waals surface area contributed by atoms with Gasteiger partial charge in [-0.05, 0) is 25.1 Å². The summed E-state index contributed by atoms with van der Waals surface area (Å²) in [7, 11) is 2.08. The number of likely N-dealkylation sites (N-methyl/N-ethyl adjacent to an activating group) is 1. The van der Waals surface area contributed by atoms with Crippen LogP contribution < -0.4 is 9.80 Å². The Hall–Kier alpha value is -2.04. The van der Waals surface area contributed by atoms with Crippen LogP contribution in [0.15, 0.2) is 48.5 Å². The molecule has 0 aliphatic carbocycles. The third-order valence-corrected chi connectivity index (χ3v) is 5.12. The molecule has 1 aliphatic rings. The van der Waals surface area contributed by atoms with Gasteiger partial charge in [0.25, 0.3) is 5.91 Å². The van der Waals surface area contributed by atoms with Crippen LogP contribution >= 0.6 is 11.6 Å². The van der Waals surface area contributed by atoms with Crippen LogP contribution in [0, 0.1) is 6.92 Å². The third kappa shape index (κ3) is 4.99. The van der Waals surface area contributed by atoms with Crippen molar-refractivity contribution in [3.8, 4) is 0 Å². The summed E-state index contributed by atoms with van der Waals surface area (Å²) in [6.45, 7) is 6.73. The van der Waals surface area contributed by atoms with Gasteiger partial charge >= 0.3 is 0 Å². The molecule has 1 heterocycles. The molecule has 1 unspecified atom stereocenters. The van der Waals surface area contributed by atoms with Crippen LogP contribution in [0.25, 0.3) is 0 Å². The number of rotatable bonds is 5. The first-order valence-corrected chi connectivity index (χ1v) is 9.54. The highest BCUT2D eigenvalue weighted by atomic mass is 35.5. The molecule has 1 amide bonds. The summed E-state index contributed by atoms with van der Waals surface area (Å²) in [5.74, 6) is 0.236. The lowest BCUT2D eigenvalue weighted by molar-refractivity contribution is -0.885. The Morgan fingerprint density at radius 3 is 2.42 bits per heavy atom. The minimum absolute atomic E-state index is 0.236. The first kappa shape index (κ1) is 18.7. The Morgan fingerprint density at radius 1 is 1.08 bits per heavy atom. The highest BCUT2D eigenvalue weighted by Gasteiger charge is 2.23. The molecule has 4 nitrogen and oxygen atoms in total. The van der Waals surface area contributed by atoms with Crippen LogP contribution in [0.1, 0.15) is 11.1 Å². The fourth-order valence-corrected chi connectivity index (χ4v) is 3.56. The zero-order valence-corrected chi connectivity index (χ0v) is 16.3. The molecule has 1 saturated heterocycles. The summed E-state index contributed by atoms with van der Waals surface area (Å²) >= 11 is 6.08. The molecule has 0 radical (unpaired) electrons. The molecule has 1 atom stereocenters. The van der Waals surface area contributed by atoms with Crippen molar-refractivity contribution in [3.05, 3.63) is 64.7 Å². The molecule has 1 aliphatic heterocycles. The lowest BCUT2D eigenvalue weighted by atomic mass is 10.1. The number of carbonyl (C=O) groups excluding carboxylic acids is 1. The van der Waals surface area contributed by atoms with Crippen LogP contribution in [0.4, 0.5) is 5.69 Å². The highest BCUT2D eigenvalue weighted by molar-refractivity contribution is 6.30. The van der Waals surface area contributed by atoms with Gasteiger partial charge in [0.15, 0.2) is 6.54 Å². The first-order valence-electron chi connectivity index (χ1n) is 9.16. The van der Waals surface area contributed by atoms with Gasteiger partial charge in [-0.3, -0.25) is 4.79 Å². The van der Waals surface area contributed by atoms with E-state index < -0.39 is 0 Å². The zero-order chi connectivity index (χ0) is 18.5. The Kier molecular flexibility index (Phi) is 6.17. The Labute approximate surface area is 161 Å². The number of quaternary nitrogens is 1. The number of hydrogen-bond acceptors (Lipinski definition) is 2. The quantitative estimate of drug-likeness (QED) is 0.869. The van der Waals surface area contributed by atoms with Crippen molar-refractivity contribution in [1.82, 2.24) is 4.90 Å². The second-order valence-corrected chi connectivity index (χ2v) is 7.58. The van der Waals surface area contributed by atoms with E-state index in [1.165, 1.54) is 16.0 Å². The monoisotopic (exact) mass is 372 g/mol. The van der Waals surface area contributed by atoms with E-state index in [9.17, 15) is 4.79 Å². The molecule has 0 aromatic heterocycles. The van der Waals surface area contributed by atoms with E-state index in [4.69, 9.17) is 11.6 Å². The zero-order valence-electron chi connectivity index (χ0n) is 15.5. The molecule has 2 aromatic rings. The van der Waals surface area contributed by atoms with Gasteiger partial charge in [-0.2, -0.15) is 0 Å². The van der Waals surface area contributed by atoms with E-state index in [-0.39, 0.29) is 5.91 Å². The number of anilines is 1. The highest BCUT2D eigenvalue weighted by Crippen LogP contribution is 2.20. The van der Waals surface area contributed by atoms with Crippen LogP contribution in [0.2, 0.25) is 5.02 Å². The summed E-state index contributed by atoms with van der Waals surface area (Å²) in [5.41, 5.74) is 3.67. The maximum Gasteiger partial charge on any atom is 0.277 e. The fourth-order valence-electron chi connectivity index (χ4n) is 3.37. The van der Waals surface area contributed by atoms with Crippen LogP contribution in [0.3, 0.4) is 0 Å². The van der Waals surface area contributed by atoms with Crippen molar-refractivity contribution >= 4 is 23.2 Å². The standard InChI is InChI=1S/C21H26ClN3O/c1-17-6-8-18(9-7-17)15-23(2)16-21(26)25-12-10-24(11-13-25)20-5-3-4-19(22)14-20/h3-9,14H,10-13,15-16H2,1-2H3/p+1. The molecule has 1 N–H and O–H groups in total. The van der Waals surface area contributed by atoms with E-state index in [0.29, 0.717) is 6.54 Å². The van der Waals surface area contributed by atoms with Gasteiger partial charge < -0.3 is 14.7 Å². The van der Waals surface area contributed by atoms with E-state index in [1.807, 2.05) is 23.1 Å². The number of halogens is 1. The summed E-state index contributed by atoms with van der Waals surface area (Å²) in [4.78, 5) is 18.1. The Balaban J connectivity index is 1.48. The van der Waals surface area contributed by atoms with Crippen molar-refractivity contribution in [2.75, 3.05) is 44.7 Å². The van der Waals surface area contributed by atoms with Gasteiger partial charge in [-0.1, -0.05) is 47.5 Å². The maximum atomic E-state index is 12.6. The van der Waals surface area contributed by atoms with Gasteiger partial charge in [0, 0.05) is 42.5 Å². The number of nitrogens with one attached hydrogen (secondary N) is 1. The van der Waals surface area contributed by atoms with Gasteiger partial charge in [0.2, 0.25) is 0 Å². The second kappa shape index (κ2) is 8.56. The molecule has 0 saturated carbocycles. The maximum absolute atomic E-state index is 12.6. The number of amides is 1. The second-order valence-electron chi connectivity index (χ2n) is 7.14. The van der Waals surface area contributed by atoms with Crippen molar-refractivity contribution < 1.29 is 9.69 Å². The molecule has 138 valence electrons. The van der Waals surface area contributed by atoms with E-state index in [0.717, 1.165) is 43.4 Å². The fraction of sp³-hybridized carbons (Fsp3) is 0.381. The van der Waals surface area contributed by atoms with Crippen molar-refractivity contribution in [1.29, 1.82) is 0 Å². The van der Waals surface area contributed by atoms with Gasteiger partial charge in [-0.15, -0.1) is 0 Å². The number of carbonyl (C=O) groups is 1. The predicted octanol–water partition coefficient (Wildman–Crippen LogP) is 2.01. The molecule has 0 spiro atoms. The van der Waals surface area contributed by atoms with Crippen molar-refractivity contribution in [3.63, 3.8) is 0 Å². The topological polar surface area (TPSA) is 28.0 Å². The molecule has 5 heteroatoms. The SMILES string of the molecule is Cc1ccc(C[NH+](C)CC(=O)N2CCN(c3cccc(Cl)c3)CC2)cc1. The van der Waals surface area contributed by atoms with Gasteiger partial charge in [0.05, 0.1) is 7.05 Å². The number of hydrogen-bond donors (Lipinski definition) is 1. The minimum Gasteiger partial charge on any atom is -0.368 e. The van der Waals surface area contributed by atoms with Gasteiger partial charge in [0.1, 0.15) is 6.54 Å². The van der Waals surface area contributed by atoms with Gasteiger partial charge in [-0.25, -0.2) is 0 Å². The first-order chi connectivity index (χ1) is 12.5. The summed E-state index contributed by atoms with van der Waals surface area (Å²) in [6.07, 6.45) is 0. The molecular formula is C21H27ClN3O+. The van der Waals surface area contributed by atoms with Crippen LogP contribution in [0.5, 0.6) is 0 Å². The van der Waals surface area contributed by atoms with E-state index in [2.05, 4.69) is 49.2 Å². The molecule has 26 heavy (non-hydrogen) atoms. The van der Waals surface area contributed by atoms with E-state index >= 15 is 0 Å². The predicted molar refractivity (Wildman–Crippen MR) is 107 cm³/mol. The molecule has 1 fully saturated rings. The van der Waals surface area contributed by atoms with E-state index in [1.54, 1.807) is 0 Å². The van der Waals surface area contributed by atoms with Crippen molar-refractivity contribution in [2.24, 2.45) is 0 Å². The third-order valence-electron chi connectivity index (χ3n) is 4.89. The molecular weight excluding hydrogens is 346 g/mol. The van der Waals surface area contributed by atoms with Crippen LogP contribution in [-0.4, -0.2) is 50.6 Å². The number of nitrogens with zero attached hydrogens (tertiary/aromatic N) is 2. The van der Waals surface area contributed by atoms with Crippen LogP contribution in [-0.2, 0) is 11.3 Å². The summed E-state index contributed by atoms with van der Waals surface area (Å²) in [6, 6.07) is 16.5. The summed E-state index contributed by atoms with van der Waals surface area (Å²) < 4.78 is 0. The number of benzene rings is 2. The minimum atomic E-state index is 0.236. The smallest absolute Gasteiger partial charge is 0.277 e. The average Bonchev–Trinajstić information content (AvgIpc) is 2.64. The lowest BCUT2D eigenvalue weighted by Gasteiger charge is -2.36. The molecule has 3 rings (SSSR count). The lowest BCUT2D eigenvalue weighted by Crippen LogP contribution is -3.09. The Bertz CT molecular complexity index is 739.